The Bertz CT molecular complexity index is 688. The van der Waals surface area contributed by atoms with Gasteiger partial charge in [-0.15, -0.1) is 10.2 Å². The van der Waals surface area contributed by atoms with Crippen molar-refractivity contribution in [2.75, 3.05) is 17.2 Å². The van der Waals surface area contributed by atoms with E-state index in [2.05, 4.69) is 29.6 Å². The number of nitrogens with zero attached hydrogens (tertiary/aromatic N) is 6. The molecule has 0 unspecified atom stereocenters. The van der Waals surface area contributed by atoms with Gasteiger partial charge in [-0.1, -0.05) is 6.42 Å². The third-order valence-corrected chi connectivity index (χ3v) is 4.84. The molecule has 4 heterocycles. The highest BCUT2D eigenvalue weighted by Crippen LogP contribution is 2.35. The molecule has 0 saturated carbocycles. The van der Waals surface area contributed by atoms with Gasteiger partial charge in [-0.05, 0) is 32.6 Å². The van der Waals surface area contributed by atoms with Crippen LogP contribution in [0.2, 0.25) is 0 Å². The molecule has 2 N–H and O–H groups in total. The molecule has 23 heavy (non-hydrogen) atoms. The summed E-state index contributed by atoms with van der Waals surface area (Å²) in [5, 5.41) is 8.99. The molecule has 0 spiro atoms. The number of aryl methyl sites for hydroxylation is 2. The maximum atomic E-state index is 5.84. The van der Waals surface area contributed by atoms with Crippen molar-refractivity contribution in [3.8, 4) is 0 Å². The summed E-state index contributed by atoms with van der Waals surface area (Å²) in [4.78, 5) is 10.9. The van der Waals surface area contributed by atoms with Gasteiger partial charge >= 0.3 is 0 Å². The zero-order valence-corrected chi connectivity index (χ0v) is 13.6. The maximum absolute atomic E-state index is 5.84. The van der Waals surface area contributed by atoms with E-state index in [1.54, 1.807) is 0 Å². The lowest BCUT2D eigenvalue weighted by molar-refractivity contribution is 0.558. The monoisotopic (exact) mass is 313 g/mol. The average Bonchev–Trinajstić information content (AvgIpc) is 3.07. The zero-order valence-electron chi connectivity index (χ0n) is 13.6. The predicted molar refractivity (Wildman–Crippen MR) is 88.1 cm³/mol. The van der Waals surface area contributed by atoms with Crippen LogP contribution in [0.3, 0.4) is 0 Å². The van der Waals surface area contributed by atoms with Crippen LogP contribution in [0.1, 0.15) is 55.5 Å². The Labute approximate surface area is 135 Å². The van der Waals surface area contributed by atoms with Crippen LogP contribution in [-0.2, 0) is 13.0 Å². The van der Waals surface area contributed by atoms with Crippen LogP contribution in [0.5, 0.6) is 0 Å². The van der Waals surface area contributed by atoms with Crippen LogP contribution < -0.4 is 10.6 Å². The van der Waals surface area contributed by atoms with E-state index in [0.717, 1.165) is 55.5 Å². The lowest BCUT2D eigenvalue weighted by Gasteiger charge is -2.26. The molecule has 2 aromatic heterocycles. The van der Waals surface area contributed by atoms with E-state index >= 15 is 0 Å². The number of rotatable bonds is 2. The quantitative estimate of drug-likeness (QED) is 0.913. The topological polar surface area (TPSA) is 85.8 Å². The maximum Gasteiger partial charge on any atom is 0.222 e. The van der Waals surface area contributed by atoms with E-state index in [-0.39, 0.29) is 6.04 Å². The number of aromatic nitrogens is 5. The van der Waals surface area contributed by atoms with Gasteiger partial charge in [0.15, 0.2) is 5.82 Å². The lowest BCUT2D eigenvalue weighted by atomic mass is 10.2. The van der Waals surface area contributed by atoms with Crippen molar-refractivity contribution in [3.63, 3.8) is 0 Å². The highest BCUT2D eigenvalue weighted by Gasteiger charge is 2.32. The summed E-state index contributed by atoms with van der Waals surface area (Å²) in [5.74, 6) is 3.48. The fourth-order valence-electron chi connectivity index (χ4n) is 3.78. The highest BCUT2D eigenvalue weighted by atomic mass is 15.3. The Kier molecular flexibility index (Phi) is 3.63. The normalized spacial score (nSPS) is 21.3. The Morgan fingerprint density at radius 2 is 2.00 bits per heavy atom. The molecule has 7 nitrogen and oxygen atoms in total. The van der Waals surface area contributed by atoms with E-state index in [1.807, 2.05) is 13.0 Å². The van der Waals surface area contributed by atoms with E-state index in [0.29, 0.717) is 5.95 Å². The first-order chi connectivity index (χ1) is 11.2. The zero-order chi connectivity index (χ0) is 15.8. The van der Waals surface area contributed by atoms with Crippen molar-refractivity contribution in [3.05, 3.63) is 23.4 Å². The van der Waals surface area contributed by atoms with E-state index in [1.165, 1.54) is 19.3 Å². The second-order valence-electron chi connectivity index (χ2n) is 6.51. The van der Waals surface area contributed by atoms with E-state index in [9.17, 15) is 0 Å². The lowest BCUT2D eigenvalue weighted by Crippen LogP contribution is -2.27. The molecule has 2 aromatic rings. The van der Waals surface area contributed by atoms with Gasteiger partial charge in [0.1, 0.15) is 11.6 Å². The molecule has 0 aromatic carbocycles. The summed E-state index contributed by atoms with van der Waals surface area (Å²) in [7, 11) is 0. The third kappa shape index (κ3) is 2.64. The molecule has 0 radical (unpaired) electrons. The van der Waals surface area contributed by atoms with Crippen LogP contribution in [0.4, 0.5) is 11.8 Å². The Morgan fingerprint density at radius 3 is 2.87 bits per heavy atom. The Morgan fingerprint density at radius 1 is 1.09 bits per heavy atom. The second kappa shape index (κ2) is 5.79. The summed E-state index contributed by atoms with van der Waals surface area (Å²) in [6, 6.07) is 2.25. The number of hydrogen-bond acceptors (Lipinski definition) is 6. The first kappa shape index (κ1) is 14.4. The van der Waals surface area contributed by atoms with Crippen molar-refractivity contribution in [1.29, 1.82) is 0 Å². The van der Waals surface area contributed by atoms with Crippen LogP contribution in [-0.4, -0.2) is 31.3 Å². The molecular formula is C16H23N7. The molecule has 0 aliphatic carbocycles. The summed E-state index contributed by atoms with van der Waals surface area (Å²) >= 11 is 0. The minimum atomic E-state index is 0.239. The summed E-state index contributed by atoms with van der Waals surface area (Å²) in [6.07, 6.45) is 6.97. The molecule has 1 fully saturated rings. The predicted octanol–water partition coefficient (Wildman–Crippen LogP) is 2.03. The molecule has 2 aliphatic heterocycles. The van der Waals surface area contributed by atoms with Gasteiger partial charge in [0.25, 0.3) is 0 Å². The van der Waals surface area contributed by atoms with Crippen LogP contribution in [0.15, 0.2) is 6.07 Å². The molecule has 2 aliphatic rings. The first-order valence-electron chi connectivity index (χ1n) is 8.52. The third-order valence-electron chi connectivity index (χ3n) is 4.84. The summed E-state index contributed by atoms with van der Waals surface area (Å²) in [5.41, 5.74) is 6.74. The number of fused-ring (bicyclic) bond motifs is 1. The van der Waals surface area contributed by atoms with Gasteiger partial charge in [-0.3, -0.25) is 0 Å². The molecule has 0 amide bonds. The van der Waals surface area contributed by atoms with Crippen molar-refractivity contribution in [2.45, 2.75) is 58.0 Å². The number of anilines is 2. The Hall–Kier alpha value is -2.18. The van der Waals surface area contributed by atoms with Gasteiger partial charge in [0, 0.05) is 31.3 Å². The van der Waals surface area contributed by atoms with Crippen molar-refractivity contribution in [1.82, 2.24) is 24.7 Å². The van der Waals surface area contributed by atoms with Crippen LogP contribution >= 0.6 is 0 Å². The van der Waals surface area contributed by atoms with Crippen molar-refractivity contribution in [2.24, 2.45) is 0 Å². The molecule has 7 heteroatoms. The van der Waals surface area contributed by atoms with Gasteiger partial charge in [-0.2, -0.15) is 4.98 Å². The smallest absolute Gasteiger partial charge is 0.222 e. The van der Waals surface area contributed by atoms with Gasteiger partial charge in [-0.25, -0.2) is 4.98 Å². The van der Waals surface area contributed by atoms with Crippen molar-refractivity contribution < 1.29 is 0 Å². The fraction of sp³-hybridized carbons (Fsp3) is 0.625. The highest BCUT2D eigenvalue weighted by molar-refractivity contribution is 5.46. The molecule has 1 saturated heterocycles. The second-order valence-corrected chi connectivity index (χ2v) is 6.51. The summed E-state index contributed by atoms with van der Waals surface area (Å²) < 4.78 is 2.34. The largest absolute Gasteiger partial charge is 0.368 e. The van der Waals surface area contributed by atoms with Crippen LogP contribution in [0, 0.1) is 6.92 Å². The minimum absolute atomic E-state index is 0.239. The fourth-order valence-corrected chi connectivity index (χ4v) is 3.78. The first-order valence-corrected chi connectivity index (χ1v) is 8.52. The Balaban J connectivity index is 1.69. The van der Waals surface area contributed by atoms with Crippen molar-refractivity contribution >= 4 is 11.8 Å². The molecule has 4 rings (SSSR count). The van der Waals surface area contributed by atoms with Gasteiger partial charge in [0.2, 0.25) is 5.95 Å². The van der Waals surface area contributed by atoms with E-state index < -0.39 is 0 Å². The summed E-state index contributed by atoms with van der Waals surface area (Å²) in [6.45, 7) is 3.96. The van der Waals surface area contributed by atoms with Crippen LogP contribution in [0.25, 0.3) is 0 Å². The van der Waals surface area contributed by atoms with E-state index in [4.69, 9.17) is 5.73 Å². The molecular weight excluding hydrogens is 290 g/mol. The average molecular weight is 313 g/mol. The molecule has 1 atom stereocenters. The molecule has 122 valence electrons. The SMILES string of the molecule is Cc1cc(N2CCC[C@H]2c2nnc3n2CCCCC3)nc(N)n1. The molecule has 0 bridgehead atoms. The number of nitrogens with two attached hydrogens (primary N) is 1. The van der Waals surface area contributed by atoms with Gasteiger partial charge in [0.05, 0.1) is 6.04 Å². The minimum Gasteiger partial charge on any atom is -0.368 e. The number of nitrogen functional groups attached to an aromatic ring is 1. The van der Waals surface area contributed by atoms with Gasteiger partial charge < -0.3 is 15.2 Å². The standard InChI is InChI=1S/C16H23N7/c1-11-10-14(19-16(17)18-11)22-9-5-6-12(22)15-21-20-13-7-3-2-4-8-23(13)15/h10,12H,2-9H2,1H3,(H2,17,18,19)/t12-/m0/s1. The number of hydrogen-bond donors (Lipinski definition) is 1.